The number of ether oxygens (including phenoxy) is 2. The molecule has 0 fully saturated rings. The number of unbranched alkanes of at least 4 members (excludes halogenated alkanes) is 1. The number of rotatable bonds is 10. The first-order valence-corrected chi connectivity index (χ1v) is 8.09. The highest BCUT2D eigenvalue weighted by Crippen LogP contribution is 2.17. The van der Waals surface area contributed by atoms with Gasteiger partial charge in [-0.2, -0.15) is 0 Å². The van der Waals surface area contributed by atoms with E-state index in [9.17, 15) is 4.79 Å². The molecule has 1 aromatic rings. The fourth-order valence-electron chi connectivity index (χ4n) is 2.03. The van der Waals surface area contributed by atoms with Crippen molar-refractivity contribution in [2.75, 3.05) is 26.4 Å². The fraction of sp³-hybridized carbons (Fsp3) is 0.588. The molecule has 0 aliphatic heterocycles. The molecule has 0 saturated carbocycles. The highest BCUT2D eigenvalue weighted by atomic mass is 16.5. The van der Waals surface area contributed by atoms with E-state index >= 15 is 0 Å². The van der Waals surface area contributed by atoms with E-state index in [2.05, 4.69) is 19.2 Å². The van der Waals surface area contributed by atoms with Gasteiger partial charge in [0.25, 0.3) is 0 Å². The van der Waals surface area contributed by atoms with Crippen molar-refractivity contribution in [3.8, 4) is 11.5 Å². The number of carbonyl (C=O) groups is 1. The van der Waals surface area contributed by atoms with Crippen molar-refractivity contribution >= 4 is 6.03 Å². The molecule has 0 atom stereocenters. The summed E-state index contributed by atoms with van der Waals surface area (Å²) in [6.45, 7) is 8.51. The van der Waals surface area contributed by atoms with Crippen LogP contribution in [-0.2, 0) is 0 Å². The number of nitrogens with zero attached hydrogens (tertiary/aromatic N) is 1. The number of carbonyl (C=O) groups excluding carboxylic acids is 1. The Kier molecular flexibility index (Phi) is 8.88. The first-order chi connectivity index (χ1) is 10.7. The number of benzene rings is 1. The summed E-state index contributed by atoms with van der Waals surface area (Å²) in [6, 6.07) is 7.30. The molecule has 0 saturated heterocycles. The van der Waals surface area contributed by atoms with Gasteiger partial charge in [-0.05, 0) is 44.0 Å². The Morgan fingerprint density at radius 3 is 2.18 bits per heavy atom. The van der Waals surface area contributed by atoms with Gasteiger partial charge in [-0.1, -0.05) is 20.3 Å². The van der Waals surface area contributed by atoms with Gasteiger partial charge in [0.15, 0.2) is 6.73 Å². The third kappa shape index (κ3) is 6.70. The third-order valence-corrected chi connectivity index (χ3v) is 3.16. The second-order valence-corrected chi connectivity index (χ2v) is 5.02. The van der Waals surface area contributed by atoms with Crippen molar-refractivity contribution in [3.63, 3.8) is 0 Å². The molecule has 124 valence electrons. The fourth-order valence-corrected chi connectivity index (χ4v) is 2.03. The highest BCUT2D eigenvalue weighted by molar-refractivity contribution is 5.73. The molecule has 1 N–H and O–H groups in total. The average molecular weight is 308 g/mol. The standard InChI is InChI=1S/C17H28N2O3/c1-4-7-13-19(12-5-2)17(20)18-14-22-16-10-8-15(9-11-16)21-6-3/h8-11H,4-7,12-14H2,1-3H3,(H,18,20). The molecule has 0 bridgehead atoms. The van der Waals surface area contributed by atoms with Gasteiger partial charge >= 0.3 is 6.03 Å². The molecule has 22 heavy (non-hydrogen) atoms. The molecule has 1 aromatic carbocycles. The molecule has 5 nitrogen and oxygen atoms in total. The van der Waals surface area contributed by atoms with Crippen LogP contribution in [0.15, 0.2) is 24.3 Å². The van der Waals surface area contributed by atoms with Crippen LogP contribution in [0.1, 0.15) is 40.0 Å². The molecule has 0 aliphatic rings. The van der Waals surface area contributed by atoms with Gasteiger partial charge < -0.3 is 19.7 Å². The van der Waals surface area contributed by atoms with Crippen LogP contribution in [-0.4, -0.2) is 37.4 Å². The maximum atomic E-state index is 12.1. The Morgan fingerprint density at radius 2 is 1.64 bits per heavy atom. The van der Waals surface area contributed by atoms with Crippen LogP contribution in [0.25, 0.3) is 0 Å². The molecule has 5 heteroatoms. The lowest BCUT2D eigenvalue weighted by Crippen LogP contribution is -2.42. The van der Waals surface area contributed by atoms with Gasteiger partial charge in [0.1, 0.15) is 11.5 Å². The highest BCUT2D eigenvalue weighted by Gasteiger charge is 2.11. The first kappa shape index (κ1) is 18.1. The lowest BCUT2D eigenvalue weighted by molar-refractivity contribution is 0.183. The van der Waals surface area contributed by atoms with Crippen LogP contribution < -0.4 is 14.8 Å². The maximum absolute atomic E-state index is 12.1. The smallest absolute Gasteiger partial charge is 0.320 e. The summed E-state index contributed by atoms with van der Waals surface area (Å²) in [4.78, 5) is 13.9. The van der Waals surface area contributed by atoms with Crippen LogP contribution in [0.2, 0.25) is 0 Å². The Balaban J connectivity index is 2.36. The van der Waals surface area contributed by atoms with E-state index in [4.69, 9.17) is 9.47 Å². The number of amides is 2. The second kappa shape index (κ2) is 10.8. The number of urea groups is 1. The summed E-state index contributed by atoms with van der Waals surface area (Å²) >= 11 is 0. The van der Waals surface area contributed by atoms with Crippen LogP contribution in [0.5, 0.6) is 11.5 Å². The Hall–Kier alpha value is -1.91. The van der Waals surface area contributed by atoms with Gasteiger partial charge in [-0.25, -0.2) is 4.79 Å². The molecular formula is C17H28N2O3. The van der Waals surface area contributed by atoms with Crippen LogP contribution >= 0.6 is 0 Å². The van der Waals surface area contributed by atoms with Crippen LogP contribution in [0.3, 0.4) is 0 Å². The molecule has 2 amide bonds. The summed E-state index contributed by atoms with van der Waals surface area (Å²) in [5.74, 6) is 1.52. The van der Waals surface area contributed by atoms with Gasteiger partial charge in [0, 0.05) is 13.1 Å². The zero-order valence-corrected chi connectivity index (χ0v) is 13.9. The van der Waals surface area contributed by atoms with Crippen molar-refractivity contribution in [2.45, 2.75) is 40.0 Å². The van der Waals surface area contributed by atoms with Crippen molar-refractivity contribution < 1.29 is 14.3 Å². The Bertz CT molecular complexity index is 420. The predicted molar refractivity (Wildman–Crippen MR) is 88.4 cm³/mol. The largest absolute Gasteiger partial charge is 0.494 e. The van der Waals surface area contributed by atoms with Crippen molar-refractivity contribution in [1.29, 1.82) is 0 Å². The van der Waals surface area contributed by atoms with Gasteiger partial charge in [-0.3, -0.25) is 0 Å². The molecule has 0 unspecified atom stereocenters. The topological polar surface area (TPSA) is 50.8 Å². The minimum atomic E-state index is -0.0683. The van der Waals surface area contributed by atoms with Gasteiger partial charge in [0.2, 0.25) is 0 Å². The maximum Gasteiger partial charge on any atom is 0.320 e. The van der Waals surface area contributed by atoms with E-state index in [0.717, 1.165) is 38.1 Å². The van der Waals surface area contributed by atoms with Gasteiger partial charge in [0.05, 0.1) is 6.61 Å². The van der Waals surface area contributed by atoms with E-state index in [1.54, 1.807) is 0 Å². The summed E-state index contributed by atoms with van der Waals surface area (Å²) < 4.78 is 10.9. The van der Waals surface area contributed by atoms with E-state index in [1.807, 2.05) is 36.1 Å². The normalized spacial score (nSPS) is 10.1. The molecule has 0 spiro atoms. The predicted octanol–water partition coefficient (Wildman–Crippen LogP) is 3.64. The third-order valence-electron chi connectivity index (χ3n) is 3.16. The average Bonchev–Trinajstić information content (AvgIpc) is 2.53. The van der Waals surface area contributed by atoms with E-state index in [-0.39, 0.29) is 12.8 Å². The molecule has 0 aliphatic carbocycles. The molecule has 0 aromatic heterocycles. The summed E-state index contributed by atoms with van der Waals surface area (Å²) in [5, 5.41) is 2.80. The quantitative estimate of drug-likeness (QED) is 0.671. The minimum Gasteiger partial charge on any atom is -0.494 e. The molecule has 0 heterocycles. The van der Waals surface area contributed by atoms with Crippen molar-refractivity contribution in [1.82, 2.24) is 10.2 Å². The Labute approximate surface area is 133 Å². The first-order valence-electron chi connectivity index (χ1n) is 8.09. The summed E-state index contributed by atoms with van der Waals surface area (Å²) in [5.41, 5.74) is 0. The van der Waals surface area contributed by atoms with Crippen LogP contribution in [0, 0.1) is 0 Å². The second-order valence-electron chi connectivity index (χ2n) is 5.02. The van der Waals surface area contributed by atoms with Crippen molar-refractivity contribution in [3.05, 3.63) is 24.3 Å². The molecular weight excluding hydrogens is 280 g/mol. The zero-order chi connectivity index (χ0) is 16.2. The molecule has 1 rings (SSSR count). The van der Waals surface area contributed by atoms with E-state index in [0.29, 0.717) is 12.4 Å². The number of nitrogens with one attached hydrogen (secondary N) is 1. The van der Waals surface area contributed by atoms with E-state index < -0.39 is 0 Å². The zero-order valence-electron chi connectivity index (χ0n) is 13.9. The monoisotopic (exact) mass is 308 g/mol. The Morgan fingerprint density at radius 1 is 1.00 bits per heavy atom. The van der Waals surface area contributed by atoms with Crippen molar-refractivity contribution in [2.24, 2.45) is 0 Å². The number of hydrogen-bond donors (Lipinski definition) is 1. The molecule has 0 radical (unpaired) electrons. The van der Waals surface area contributed by atoms with Gasteiger partial charge in [-0.15, -0.1) is 0 Å². The SMILES string of the molecule is CCCCN(CCC)C(=O)NCOc1ccc(OCC)cc1. The minimum absolute atomic E-state index is 0.0683. The van der Waals surface area contributed by atoms with Crippen LogP contribution in [0.4, 0.5) is 4.79 Å². The van der Waals surface area contributed by atoms with E-state index in [1.165, 1.54) is 0 Å². The summed E-state index contributed by atoms with van der Waals surface area (Å²) in [7, 11) is 0. The lowest BCUT2D eigenvalue weighted by Gasteiger charge is -2.22. The number of hydrogen-bond acceptors (Lipinski definition) is 3. The summed E-state index contributed by atoms with van der Waals surface area (Å²) in [6.07, 6.45) is 3.06. The lowest BCUT2D eigenvalue weighted by atomic mass is 10.3.